The lowest BCUT2D eigenvalue weighted by molar-refractivity contribution is 0.0746. The van der Waals surface area contributed by atoms with Gasteiger partial charge < -0.3 is 15.1 Å². The van der Waals surface area contributed by atoms with Crippen LogP contribution in [0.25, 0.3) is 10.1 Å². The first-order chi connectivity index (χ1) is 18.3. The highest BCUT2D eigenvalue weighted by Gasteiger charge is 2.24. The van der Waals surface area contributed by atoms with Crippen molar-refractivity contribution in [1.29, 1.82) is 0 Å². The van der Waals surface area contributed by atoms with Gasteiger partial charge in [0.1, 0.15) is 4.88 Å². The summed E-state index contributed by atoms with van der Waals surface area (Å²) in [4.78, 5) is 29.9. The number of carbonyl (C=O) groups is 2. The summed E-state index contributed by atoms with van der Waals surface area (Å²) in [6, 6.07) is 20.1. The highest BCUT2D eigenvalue weighted by Crippen LogP contribution is 2.36. The summed E-state index contributed by atoms with van der Waals surface area (Å²) in [6.45, 7) is 2.54. The van der Waals surface area contributed by atoms with E-state index in [9.17, 15) is 9.59 Å². The molecule has 6 nitrogen and oxygen atoms in total. The number of nitrogens with one attached hydrogen (secondary N) is 2. The van der Waals surface area contributed by atoms with Crippen LogP contribution in [0.3, 0.4) is 0 Å². The van der Waals surface area contributed by atoms with E-state index in [1.54, 1.807) is 24.3 Å². The molecule has 0 radical (unpaired) electrons. The van der Waals surface area contributed by atoms with Crippen molar-refractivity contribution in [3.63, 3.8) is 0 Å². The van der Waals surface area contributed by atoms with Gasteiger partial charge in [-0.25, -0.2) is 0 Å². The summed E-state index contributed by atoms with van der Waals surface area (Å²) in [5, 5.41) is 8.03. The Morgan fingerprint density at radius 3 is 2.34 bits per heavy atom. The van der Waals surface area contributed by atoms with E-state index in [0.717, 1.165) is 15.8 Å². The normalized spacial score (nSPS) is 13.4. The maximum Gasteiger partial charge on any atom is 0.269 e. The zero-order valence-corrected chi connectivity index (χ0v) is 23.7. The number of carbonyl (C=O) groups excluding carboxylic acids is 2. The number of rotatable bonds is 4. The van der Waals surface area contributed by atoms with Gasteiger partial charge in [-0.05, 0) is 54.7 Å². The fourth-order valence-corrected chi connectivity index (χ4v) is 6.46. The lowest BCUT2D eigenvalue weighted by Gasteiger charge is -2.36. The van der Waals surface area contributed by atoms with Crippen LogP contribution in [0.15, 0.2) is 66.7 Å². The van der Waals surface area contributed by atoms with Gasteiger partial charge in [-0.1, -0.05) is 59.1 Å². The van der Waals surface area contributed by atoms with Gasteiger partial charge in [0.2, 0.25) is 0 Å². The predicted molar refractivity (Wildman–Crippen MR) is 162 cm³/mol. The number of benzene rings is 3. The van der Waals surface area contributed by atoms with Crippen molar-refractivity contribution in [3.05, 3.63) is 92.2 Å². The molecule has 5 rings (SSSR count). The molecule has 1 saturated heterocycles. The van der Waals surface area contributed by atoms with Crippen molar-refractivity contribution in [2.45, 2.75) is 0 Å². The average Bonchev–Trinajstić information content (AvgIpc) is 3.24. The topological polar surface area (TPSA) is 64.7 Å². The fourth-order valence-electron chi connectivity index (χ4n) is 4.26. The second-order valence-corrected chi connectivity index (χ2v) is 11.3. The molecular formula is C27H21Cl3N4O2S2. The van der Waals surface area contributed by atoms with Crippen LogP contribution in [0.4, 0.5) is 11.4 Å². The van der Waals surface area contributed by atoms with Crippen LogP contribution in [0, 0.1) is 0 Å². The molecule has 1 aliphatic rings. The number of hydrogen-bond acceptors (Lipinski definition) is 5. The number of halogens is 3. The van der Waals surface area contributed by atoms with E-state index < -0.39 is 5.91 Å². The molecule has 0 spiro atoms. The number of fused-ring (bicyclic) bond motifs is 1. The SMILES string of the molecule is O=C(NC(=S)Nc1ccc(N2CCN(C(=O)c3ccccc3)CC2)c(Cl)c1)c1sc2cc(Cl)ccc2c1Cl. The molecule has 4 aromatic rings. The Morgan fingerprint density at radius 1 is 0.895 bits per heavy atom. The van der Waals surface area contributed by atoms with E-state index in [0.29, 0.717) is 57.4 Å². The largest absolute Gasteiger partial charge is 0.367 e. The van der Waals surface area contributed by atoms with Gasteiger partial charge >= 0.3 is 0 Å². The second-order valence-electron chi connectivity index (χ2n) is 8.61. The standard InChI is InChI=1S/C27H21Cl3N4O2S2/c28-17-6-8-19-22(14-17)38-24(23(19)30)25(35)32-27(37)31-18-7-9-21(20(29)15-18)33-10-12-34(13-11-33)26(36)16-4-2-1-3-5-16/h1-9,14-15H,10-13H2,(H2,31,32,35,37). The molecule has 0 aliphatic carbocycles. The summed E-state index contributed by atoms with van der Waals surface area (Å²) in [6.07, 6.45) is 0. The predicted octanol–water partition coefficient (Wildman–Crippen LogP) is 6.95. The Kier molecular flexibility index (Phi) is 8.07. The van der Waals surface area contributed by atoms with Crippen molar-refractivity contribution in [2.24, 2.45) is 0 Å². The monoisotopic (exact) mass is 602 g/mol. The molecular weight excluding hydrogens is 583 g/mol. The van der Waals surface area contributed by atoms with Crippen LogP contribution in [-0.2, 0) is 0 Å². The minimum absolute atomic E-state index is 0.0344. The van der Waals surface area contributed by atoms with Crippen LogP contribution in [0.1, 0.15) is 20.0 Å². The molecule has 2 heterocycles. The fraction of sp³-hybridized carbons (Fsp3) is 0.148. The van der Waals surface area contributed by atoms with E-state index in [4.69, 9.17) is 47.0 Å². The highest BCUT2D eigenvalue weighted by molar-refractivity contribution is 7.80. The molecule has 0 saturated carbocycles. The smallest absolute Gasteiger partial charge is 0.269 e. The summed E-state index contributed by atoms with van der Waals surface area (Å²) in [5.74, 6) is -0.373. The highest BCUT2D eigenvalue weighted by atomic mass is 35.5. The van der Waals surface area contributed by atoms with Crippen LogP contribution < -0.4 is 15.5 Å². The molecule has 0 atom stereocenters. The van der Waals surface area contributed by atoms with Crippen LogP contribution in [0.5, 0.6) is 0 Å². The molecule has 1 fully saturated rings. The summed E-state index contributed by atoms with van der Waals surface area (Å²) in [5.41, 5.74) is 2.20. The lowest BCUT2D eigenvalue weighted by atomic mass is 10.1. The molecule has 0 bridgehead atoms. The Hall–Kier alpha value is -2.88. The molecule has 194 valence electrons. The summed E-state index contributed by atoms with van der Waals surface area (Å²) < 4.78 is 0.819. The lowest BCUT2D eigenvalue weighted by Crippen LogP contribution is -2.48. The van der Waals surface area contributed by atoms with Crippen molar-refractivity contribution >= 4 is 96.7 Å². The first-order valence-corrected chi connectivity index (χ1v) is 14.0. The number of thiophene rings is 1. The van der Waals surface area contributed by atoms with Crippen LogP contribution >= 0.6 is 58.4 Å². The third kappa shape index (κ3) is 5.75. The maximum absolute atomic E-state index is 12.8. The van der Waals surface area contributed by atoms with Crippen molar-refractivity contribution in [1.82, 2.24) is 10.2 Å². The number of thiocarbonyl (C=S) groups is 1. The van der Waals surface area contributed by atoms with E-state index in [2.05, 4.69) is 15.5 Å². The Labute approximate surface area is 244 Å². The molecule has 3 aromatic carbocycles. The van der Waals surface area contributed by atoms with Gasteiger partial charge in [-0.2, -0.15) is 0 Å². The minimum atomic E-state index is -0.407. The van der Waals surface area contributed by atoms with Gasteiger partial charge in [-0.15, -0.1) is 11.3 Å². The molecule has 1 aromatic heterocycles. The van der Waals surface area contributed by atoms with Gasteiger partial charge in [0.05, 0.1) is 15.7 Å². The van der Waals surface area contributed by atoms with Crippen molar-refractivity contribution in [2.75, 3.05) is 36.4 Å². The minimum Gasteiger partial charge on any atom is -0.367 e. The number of nitrogens with zero attached hydrogens (tertiary/aromatic N) is 2. The van der Waals surface area contributed by atoms with E-state index >= 15 is 0 Å². The third-order valence-corrected chi connectivity index (χ3v) is 8.56. The second kappa shape index (κ2) is 11.5. The zero-order chi connectivity index (χ0) is 26.8. The van der Waals surface area contributed by atoms with Gasteiger partial charge in [-0.3, -0.25) is 14.9 Å². The number of hydrogen-bond donors (Lipinski definition) is 2. The van der Waals surface area contributed by atoms with E-state index in [-0.39, 0.29) is 11.0 Å². The van der Waals surface area contributed by atoms with Crippen LogP contribution in [-0.4, -0.2) is 48.0 Å². The van der Waals surface area contributed by atoms with E-state index in [1.165, 1.54) is 11.3 Å². The Balaban J connectivity index is 1.19. The number of amides is 2. The Morgan fingerprint density at radius 2 is 1.63 bits per heavy atom. The molecule has 0 unspecified atom stereocenters. The molecule has 2 amide bonds. The Bertz CT molecular complexity index is 1540. The quantitative estimate of drug-likeness (QED) is 0.247. The summed E-state index contributed by atoms with van der Waals surface area (Å²) in [7, 11) is 0. The van der Waals surface area contributed by atoms with Gasteiger partial charge in [0.15, 0.2) is 5.11 Å². The maximum atomic E-state index is 12.8. The number of piperazine rings is 1. The summed E-state index contributed by atoms with van der Waals surface area (Å²) >= 11 is 25.7. The van der Waals surface area contributed by atoms with Crippen molar-refractivity contribution in [3.8, 4) is 0 Å². The van der Waals surface area contributed by atoms with Crippen molar-refractivity contribution < 1.29 is 9.59 Å². The molecule has 11 heteroatoms. The molecule has 38 heavy (non-hydrogen) atoms. The first-order valence-electron chi connectivity index (χ1n) is 11.7. The number of anilines is 2. The van der Waals surface area contributed by atoms with Gasteiger partial charge in [0.25, 0.3) is 11.8 Å². The van der Waals surface area contributed by atoms with E-state index in [1.807, 2.05) is 47.4 Å². The van der Waals surface area contributed by atoms with Gasteiger partial charge in [0, 0.05) is 52.5 Å². The zero-order valence-electron chi connectivity index (χ0n) is 19.8. The van der Waals surface area contributed by atoms with Crippen LogP contribution in [0.2, 0.25) is 15.1 Å². The third-order valence-electron chi connectivity index (χ3n) is 6.16. The first kappa shape index (κ1) is 26.7. The average molecular weight is 604 g/mol. The molecule has 2 N–H and O–H groups in total. The molecule has 1 aliphatic heterocycles.